The van der Waals surface area contributed by atoms with Crippen molar-refractivity contribution in [3.05, 3.63) is 35.4 Å². The summed E-state index contributed by atoms with van der Waals surface area (Å²) in [6.07, 6.45) is 3.10. The van der Waals surface area contributed by atoms with Crippen LogP contribution in [0.15, 0.2) is 24.3 Å². The zero-order valence-corrected chi connectivity index (χ0v) is 12.8. The molecule has 0 spiro atoms. The zero-order chi connectivity index (χ0) is 14.4. The van der Waals surface area contributed by atoms with Gasteiger partial charge in [0.05, 0.1) is 0 Å². The molecule has 1 aliphatic rings. The van der Waals surface area contributed by atoms with Crippen LogP contribution in [0.25, 0.3) is 0 Å². The molecule has 1 aromatic carbocycles. The fraction of sp³-hybridized carbons (Fsp3) is 0.562. The summed E-state index contributed by atoms with van der Waals surface area (Å²) in [7, 11) is 0. The van der Waals surface area contributed by atoms with Gasteiger partial charge in [-0.25, -0.2) is 0 Å². The van der Waals surface area contributed by atoms with E-state index in [0.29, 0.717) is 6.04 Å². The van der Waals surface area contributed by atoms with Crippen LogP contribution in [0.1, 0.15) is 35.2 Å². The molecule has 20 heavy (non-hydrogen) atoms. The SMILES string of the molecule is Cc1cccc(C(=O)NC2CCN(CCCCl)CC2)c1. The van der Waals surface area contributed by atoms with Crippen molar-refractivity contribution in [1.82, 2.24) is 10.2 Å². The molecule has 1 amide bonds. The molecular weight excluding hydrogens is 272 g/mol. The Hall–Kier alpha value is -1.06. The van der Waals surface area contributed by atoms with Crippen LogP contribution in [-0.4, -0.2) is 42.4 Å². The highest BCUT2D eigenvalue weighted by Gasteiger charge is 2.20. The summed E-state index contributed by atoms with van der Waals surface area (Å²) >= 11 is 5.72. The Balaban J connectivity index is 1.79. The van der Waals surface area contributed by atoms with Crippen LogP contribution < -0.4 is 5.32 Å². The largest absolute Gasteiger partial charge is 0.349 e. The van der Waals surface area contributed by atoms with Crippen LogP contribution in [0.4, 0.5) is 0 Å². The number of likely N-dealkylation sites (tertiary alicyclic amines) is 1. The highest BCUT2D eigenvalue weighted by atomic mass is 35.5. The lowest BCUT2D eigenvalue weighted by atomic mass is 10.0. The van der Waals surface area contributed by atoms with Crippen molar-refractivity contribution < 1.29 is 4.79 Å². The first-order valence-corrected chi connectivity index (χ1v) is 7.88. The molecule has 4 heteroatoms. The van der Waals surface area contributed by atoms with Crippen LogP contribution in [-0.2, 0) is 0 Å². The molecule has 1 aromatic rings. The third-order valence-corrected chi connectivity index (χ3v) is 4.08. The van der Waals surface area contributed by atoms with E-state index in [2.05, 4.69) is 10.2 Å². The van der Waals surface area contributed by atoms with Crippen LogP contribution >= 0.6 is 11.6 Å². The van der Waals surface area contributed by atoms with Crippen molar-refractivity contribution in [2.45, 2.75) is 32.2 Å². The van der Waals surface area contributed by atoms with Gasteiger partial charge in [0, 0.05) is 30.6 Å². The Kier molecular flexibility index (Phi) is 5.86. The van der Waals surface area contributed by atoms with Gasteiger partial charge in [0.15, 0.2) is 0 Å². The average Bonchev–Trinajstić information content (AvgIpc) is 2.46. The molecule has 0 atom stereocenters. The lowest BCUT2D eigenvalue weighted by molar-refractivity contribution is 0.0911. The summed E-state index contributed by atoms with van der Waals surface area (Å²) in [6, 6.07) is 8.05. The molecule has 0 aromatic heterocycles. The van der Waals surface area contributed by atoms with Crippen molar-refractivity contribution in [3.8, 4) is 0 Å². The molecule has 110 valence electrons. The first-order valence-electron chi connectivity index (χ1n) is 7.35. The number of nitrogens with zero attached hydrogens (tertiary/aromatic N) is 1. The summed E-state index contributed by atoms with van der Waals surface area (Å²) in [5.74, 6) is 0.775. The molecule has 0 unspecified atom stereocenters. The normalized spacial score (nSPS) is 17.1. The highest BCUT2D eigenvalue weighted by molar-refractivity contribution is 6.17. The number of aryl methyl sites for hydroxylation is 1. The molecule has 1 heterocycles. The molecular formula is C16H23ClN2O. The minimum Gasteiger partial charge on any atom is -0.349 e. The first kappa shape index (κ1) is 15.3. The van der Waals surface area contributed by atoms with Gasteiger partial charge in [-0.15, -0.1) is 11.6 Å². The van der Waals surface area contributed by atoms with E-state index in [-0.39, 0.29) is 5.91 Å². The topological polar surface area (TPSA) is 32.3 Å². The fourth-order valence-electron chi connectivity index (χ4n) is 2.64. The Bertz CT molecular complexity index is 442. The monoisotopic (exact) mass is 294 g/mol. The maximum atomic E-state index is 12.2. The maximum absolute atomic E-state index is 12.2. The zero-order valence-electron chi connectivity index (χ0n) is 12.1. The number of carbonyl (C=O) groups excluding carboxylic acids is 1. The number of hydrogen-bond donors (Lipinski definition) is 1. The lowest BCUT2D eigenvalue weighted by Crippen LogP contribution is -2.44. The number of carbonyl (C=O) groups is 1. The molecule has 1 N–H and O–H groups in total. The van der Waals surface area contributed by atoms with E-state index in [1.165, 1.54) is 0 Å². The quantitative estimate of drug-likeness (QED) is 0.847. The van der Waals surface area contributed by atoms with Gasteiger partial charge in [-0.2, -0.15) is 0 Å². The van der Waals surface area contributed by atoms with Crippen LogP contribution in [0, 0.1) is 6.92 Å². The second-order valence-corrected chi connectivity index (χ2v) is 5.88. The predicted molar refractivity (Wildman–Crippen MR) is 83.4 cm³/mol. The smallest absolute Gasteiger partial charge is 0.251 e. The second-order valence-electron chi connectivity index (χ2n) is 5.50. The highest BCUT2D eigenvalue weighted by Crippen LogP contribution is 2.12. The second kappa shape index (κ2) is 7.65. The summed E-state index contributed by atoms with van der Waals surface area (Å²) in [5.41, 5.74) is 1.88. The van der Waals surface area contributed by atoms with Gasteiger partial charge in [0.25, 0.3) is 5.91 Å². The van der Waals surface area contributed by atoms with E-state index in [1.54, 1.807) is 0 Å². The van der Waals surface area contributed by atoms with Crippen LogP contribution in [0.3, 0.4) is 0 Å². The average molecular weight is 295 g/mol. The predicted octanol–water partition coefficient (Wildman–Crippen LogP) is 2.82. The maximum Gasteiger partial charge on any atom is 0.251 e. The van der Waals surface area contributed by atoms with E-state index in [4.69, 9.17) is 11.6 Å². The number of nitrogens with one attached hydrogen (secondary N) is 1. The summed E-state index contributed by atoms with van der Waals surface area (Å²) < 4.78 is 0. The number of hydrogen-bond acceptors (Lipinski definition) is 2. The number of amides is 1. The Morgan fingerprint density at radius 3 is 2.80 bits per heavy atom. The molecule has 0 bridgehead atoms. The number of rotatable bonds is 5. The third kappa shape index (κ3) is 4.50. The van der Waals surface area contributed by atoms with E-state index in [1.807, 2.05) is 31.2 Å². The van der Waals surface area contributed by atoms with Crippen LogP contribution in [0.2, 0.25) is 0 Å². The van der Waals surface area contributed by atoms with Gasteiger partial charge in [-0.3, -0.25) is 4.79 Å². The van der Waals surface area contributed by atoms with E-state index in [9.17, 15) is 4.79 Å². The standard InChI is InChI=1S/C16H23ClN2O/c1-13-4-2-5-14(12-13)16(20)18-15-6-10-19(11-7-15)9-3-8-17/h2,4-5,12,15H,3,6-11H2,1H3,(H,18,20). The molecule has 1 aliphatic heterocycles. The third-order valence-electron chi connectivity index (χ3n) is 3.81. The van der Waals surface area contributed by atoms with Crippen molar-refractivity contribution in [2.24, 2.45) is 0 Å². The van der Waals surface area contributed by atoms with Crippen molar-refractivity contribution >= 4 is 17.5 Å². The molecule has 1 fully saturated rings. The summed E-state index contributed by atoms with van der Waals surface area (Å²) in [5, 5.41) is 3.15. The number of alkyl halides is 1. The molecule has 0 radical (unpaired) electrons. The van der Waals surface area contributed by atoms with Gasteiger partial charge in [0.2, 0.25) is 0 Å². The van der Waals surface area contributed by atoms with Crippen molar-refractivity contribution in [1.29, 1.82) is 0 Å². The lowest BCUT2D eigenvalue weighted by Gasteiger charge is -2.32. The fourth-order valence-corrected chi connectivity index (χ4v) is 2.76. The number of halogens is 1. The molecule has 2 rings (SSSR count). The molecule has 3 nitrogen and oxygen atoms in total. The minimum absolute atomic E-state index is 0.0490. The van der Waals surface area contributed by atoms with E-state index < -0.39 is 0 Å². The van der Waals surface area contributed by atoms with E-state index in [0.717, 1.165) is 55.9 Å². The minimum atomic E-state index is 0.0490. The Morgan fingerprint density at radius 2 is 2.15 bits per heavy atom. The van der Waals surface area contributed by atoms with Crippen LogP contribution in [0.5, 0.6) is 0 Å². The summed E-state index contributed by atoms with van der Waals surface area (Å²) in [4.78, 5) is 14.6. The van der Waals surface area contributed by atoms with Gasteiger partial charge < -0.3 is 10.2 Å². The summed E-state index contributed by atoms with van der Waals surface area (Å²) in [6.45, 7) is 5.18. The van der Waals surface area contributed by atoms with Gasteiger partial charge >= 0.3 is 0 Å². The Morgan fingerprint density at radius 1 is 1.40 bits per heavy atom. The number of benzene rings is 1. The van der Waals surface area contributed by atoms with Gasteiger partial charge in [0.1, 0.15) is 0 Å². The molecule has 1 saturated heterocycles. The molecule has 0 aliphatic carbocycles. The van der Waals surface area contributed by atoms with E-state index >= 15 is 0 Å². The van der Waals surface area contributed by atoms with Gasteiger partial charge in [-0.1, -0.05) is 17.7 Å². The van der Waals surface area contributed by atoms with Crippen molar-refractivity contribution in [2.75, 3.05) is 25.5 Å². The van der Waals surface area contributed by atoms with Gasteiger partial charge in [-0.05, 0) is 44.9 Å². The number of piperidine rings is 1. The Labute approximate surface area is 126 Å². The first-order chi connectivity index (χ1) is 9.69. The van der Waals surface area contributed by atoms with Crippen molar-refractivity contribution in [3.63, 3.8) is 0 Å². The molecule has 0 saturated carbocycles.